The van der Waals surface area contributed by atoms with Crippen LogP contribution in [-0.4, -0.2) is 54.1 Å². The quantitative estimate of drug-likeness (QED) is 0.728. The Morgan fingerprint density at radius 3 is 2.53 bits per heavy atom. The maximum Gasteiger partial charge on any atom is 0.241 e. The molecule has 2 fully saturated rings. The van der Waals surface area contributed by atoms with Gasteiger partial charge in [0.2, 0.25) is 5.91 Å². The third kappa shape index (κ3) is 3.69. The Balaban J connectivity index is 1.87. The van der Waals surface area contributed by atoms with Gasteiger partial charge >= 0.3 is 0 Å². The van der Waals surface area contributed by atoms with E-state index in [0.717, 1.165) is 44.8 Å². The van der Waals surface area contributed by atoms with Crippen LogP contribution < -0.4 is 5.32 Å². The van der Waals surface area contributed by atoms with Crippen LogP contribution in [0, 0.1) is 0 Å². The smallest absolute Gasteiger partial charge is 0.241 e. The van der Waals surface area contributed by atoms with E-state index in [9.17, 15) is 4.79 Å². The summed E-state index contributed by atoms with van der Waals surface area (Å²) in [5, 5.41) is 3.52. The number of carbonyl (C=O) groups excluding carboxylic acids is 1. The Labute approximate surface area is 117 Å². The van der Waals surface area contributed by atoms with Gasteiger partial charge in [-0.15, -0.1) is 0 Å². The average molecular weight is 267 g/mol. The van der Waals surface area contributed by atoms with Crippen LogP contribution in [-0.2, 0) is 4.79 Å². The Kier molecular flexibility index (Phi) is 5.22. The molecule has 4 nitrogen and oxygen atoms in total. The molecule has 1 amide bonds. The van der Waals surface area contributed by atoms with Crippen molar-refractivity contribution in [2.75, 3.05) is 20.1 Å². The largest absolute Gasteiger partial charge is 0.325 e. The molecule has 1 saturated heterocycles. The highest BCUT2D eigenvalue weighted by Gasteiger charge is 2.37. The maximum atomic E-state index is 12.4. The summed E-state index contributed by atoms with van der Waals surface area (Å²) in [5.74, 6) is 0.324. The molecule has 0 aromatic carbocycles. The molecule has 1 aliphatic carbocycles. The number of rotatable bonds is 8. The number of carbonyl (C=O) groups is 1. The molecule has 0 aromatic heterocycles. The van der Waals surface area contributed by atoms with E-state index in [2.05, 4.69) is 36.0 Å². The number of likely N-dealkylation sites (N-methyl/N-ethyl adjacent to an activating group) is 1. The van der Waals surface area contributed by atoms with Gasteiger partial charge in [0.05, 0.1) is 12.2 Å². The zero-order valence-electron chi connectivity index (χ0n) is 12.7. The normalized spacial score (nSPS) is 27.6. The van der Waals surface area contributed by atoms with Crippen molar-refractivity contribution in [1.29, 1.82) is 0 Å². The van der Waals surface area contributed by atoms with Crippen molar-refractivity contribution in [2.24, 2.45) is 0 Å². The van der Waals surface area contributed by atoms with Gasteiger partial charge in [-0.05, 0) is 32.7 Å². The van der Waals surface area contributed by atoms with E-state index in [0.29, 0.717) is 5.91 Å². The molecule has 19 heavy (non-hydrogen) atoms. The van der Waals surface area contributed by atoms with E-state index in [1.807, 2.05) is 0 Å². The van der Waals surface area contributed by atoms with Crippen LogP contribution in [0.25, 0.3) is 0 Å². The van der Waals surface area contributed by atoms with E-state index >= 15 is 0 Å². The molecule has 2 aliphatic rings. The van der Waals surface area contributed by atoms with Gasteiger partial charge in [-0.2, -0.15) is 0 Å². The lowest BCUT2D eigenvalue weighted by Crippen LogP contribution is -2.42. The Morgan fingerprint density at radius 2 is 1.95 bits per heavy atom. The lowest BCUT2D eigenvalue weighted by Gasteiger charge is -2.26. The van der Waals surface area contributed by atoms with Crippen molar-refractivity contribution in [2.45, 2.75) is 70.6 Å². The molecule has 1 heterocycles. The Morgan fingerprint density at radius 1 is 1.26 bits per heavy atom. The lowest BCUT2D eigenvalue weighted by atomic mass is 10.2. The molecule has 110 valence electrons. The SMILES string of the molecule is CCCC1NC(CCC)N(CCN(C)C2CC2)C1=O. The summed E-state index contributed by atoms with van der Waals surface area (Å²) in [5.41, 5.74) is 0. The molecule has 0 aromatic rings. The summed E-state index contributed by atoms with van der Waals surface area (Å²) in [6.07, 6.45) is 7.16. The minimum Gasteiger partial charge on any atom is -0.325 e. The molecule has 2 rings (SSSR count). The summed E-state index contributed by atoms with van der Waals surface area (Å²) in [6, 6.07) is 0.842. The summed E-state index contributed by atoms with van der Waals surface area (Å²) >= 11 is 0. The topological polar surface area (TPSA) is 35.6 Å². The monoisotopic (exact) mass is 267 g/mol. The minimum atomic E-state index is 0.0628. The number of nitrogens with one attached hydrogen (secondary N) is 1. The van der Waals surface area contributed by atoms with Gasteiger partial charge < -0.3 is 9.80 Å². The van der Waals surface area contributed by atoms with Crippen LogP contribution in [0.2, 0.25) is 0 Å². The van der Waals surface area contributed by atoms with Crippen LogP contribution in [0.3, 0.4) is 0 Å². The molecule has 2 atom stereocenters. The number of amides is 1. The molecule has 0 radical (unpaired) electrons. The van der Waals surface area contributed by atoms with Gasteiger partial charge in [-0.1, -0.05) is 26.7 Å². The fourth-order valence-corrected chi connectivity index (χ4v) is 2.98. The summed E-state index contributed by atoms with van der Waals surface area (Å²) in [4.78, 5) is 16.9. The van der Waals surface area contributed by atoms with Crippen molar-refractivity contribution < 1.29 is 4.79 Å². The molecular formula is C15H29N3O. The highest BCUT2D eigenvalue weighted by atomic mass is 16.2. The first-order chi connectivity index (χ1) is 9.17. The van der Waals surface area contributed by atoms with E-state index in [1.165, 1.54) is 12.8 Å². The third-order valence-corrected chi connectivity index (χ3v) is 4.35. The van der Waals surface area contributed by atoms with Gasteiger partial charge in [0.1, 0.15) is 0 Å². The van der Waals surface area contributed by atoms with Gasteiger partial charge in [0.15, 0.2) is 0 Å². The van der Waals surface area contributed by atoms with Gasteiger partial charge in [-0.25, -0.2) is 0 Å². The first-order valence-electron chi connectivity index (χ1n) is 7.94. The zero-order chi connectivity index (χ0) is 13.8. The standard InChI is InChI=1S/C15H29N3O/c1-4-6-13-15(19)18(14(16-13)7-5-2)11-10-17(3)12-8-9-12/h12-14,16H,4-11H2,1-3H3. The van der Waals surface area contributed by atoms with Gasteiger partial charge in [-0.3, -0.25) is 10.1 Å². The highest BCUT2D eigenvalue weighted by Crippen LogP contribution is 2.25. The second-order valence-corrected chi connectivity index (χ2v) is 6.06. The summed E-state index contributed by atoms with van der Waals surface area (Å²) in [6.45, 7) is 6.22. The van der Waals surface area contributed by atoms with Crippen LogP contribution in [0.4, 0.5) is 0 Å². The highest BCUT2D eigenvalue weighted by molar-refractivity contribution is 5.84. The van der Waals surface area contributed by atoms with E-state index in [1.54, 1.807) is 0 Å². The average Bonchev–Trinajstić information content (AvgIpc) is 3.18. The molecule has 2 unspecified atom stereocenters. The first kappa shape index (κ1) is 14.8. The van der Waals surface area contributed by atoms with Crippen molar-refractivity contribution in [3.63, 3.8) is 0 Å². The van der Waals surface area contributed by atoms with E-state index < -0.39 is 0 Å². The number of hydrogen-bond donors (Lipinski definition) is 1. The van der Waals surface area contributed by atoms with Crippen LogP contribution in [0.1, 0.15) is 52.4 Å². The molecule has 0 spiro atoms. The van der Waals surface area contributed by atoms with Crippen LogP contribution in [0.15, 0.2) is 0 Å². The number of nitrogens with zero attached hydrogens (tertiary/aromatic N) is 2. The van der Waals surface area contributed by atoms with Gasteiger partial charge in [0, 0.05) is 19.1 Å². The van der Waals surface area contributed by atoms with Crippen molar-refractivity contribution >= 4 is 5.91 Å². The second kappa shape index (κ2) is 6.71. The molecule has 1 N–H and O–H groups in total. The molecule has 1 aliphatic heterocycles. The van der Waals surface area contributed by atoms with Crippen molar-refractivity contribution in [3.8, 4) is 0 Å². The molecule has 0 bridgehead atoms. The fraction of sp³-hybridized carbons (Fsp3) is 0.933. The Bertz CT molecular complexity index is 304. The molecule has 4 heteroatoms. The van der Waals surface area contributed by atoms with E-state index in [-0.39, 0.29) is 12.2 Å². The predicted molar refractivity (Wildman–Crippen MR) is 77.9 cm³/mol. The lowest BCUT2D eigenvalue weighted by molar-refractivity contribution is -0.130. The first-order valence-corrected chi connectivity index (χ1v) is 7.94. The second-order valence-electron chi connectivity index (χ2n) is 6.06. The van der Waals surface area contributed by atoms with Gasteiger partial charge in [0.25, 0.3) is 0 Å². The van der Waals surface area contributed by atoms with Crippen molar-refractivity contribution in [1.82, 2.24) is 15.1 Å². The molecular weight excluding hydrogens is 238 g/mol. The summed E-state index contributed by atoms with van der Waals surface area (Å²) in [7, 11) is 2.18. The van der Waals surface area contributed by atoms with Crippen LogP contribution >= 0.6 is 0 Å². The number of hydrogen-bond acceptors (Lipinski definition) is 3. The molecule has 1 saturated carbocycles. The Hall–Kier alpha value is -0.610. The minimum absolute atomic E-state index is 0.0628. The maximum absolute atomic E-state index is 12.4. The van der Waals surface area contributed by atoms with Crippen LogP contribution in [0.5, 0.6) is 0 Å². The van der Waals surface area contributed by atoms with E-state index in [4.69, 9.17) is 0 Å². The zero-order valence-corrected chi connectivity index (χ0v) is 12.7. The fourth-order valence-electron chi connectivity index (χ4n) is 2.98. The third-order valence-electron chi connectivity index (χ3n) is 4.35. The predicted octanol–water partition coefficient (Wildman–Crippen LogP) is 1.81. The summed E-state index contributed by atoms with van der Waals surface area (Å²) < 4.78 is 0. The van der Waals surface area contributed by atoms with Crippen molar-refractivity contribution in [3.05, 3.63) is 0 Å².